The molecular formula is C17H27N5O3S+2. The van der Waals surface area contributed by atoms with Crippen LogP contribution in [0.3, 0.4) is 0 Å². The van der Waals surface area contributed by atoms with Crippen LogP contribution in [0.2, 0.25) is 0 Å². The van der Waals surface area contributed by atoms with Crippen LogP contribution in [0.15, 0.2) is 27.2 Å². The largest absolute Gasteiger partial charge is 0.459 e. The summed E-state index contributed by atoms with van der Waals surface area (Å²) >= 11 is 5.27. The topological polar surface area (TPSA) is 82.1 Å². The first-order valence-electron chi connectivity index (χ1n) is 8.90. The van der Waals surface area contributed by atoms with Gasteiger partial charge in [0.05, 0.1) is 6.26 Å². The maximum atomic E-state index is 12.1. The highest BCUT2D eigenvalue weighted by Crippen LogP contribution is 2.17. The summed E-state index contributed by atoms with van der Waals surface area (Å²) < 4.78 is 12.5. The van der Waals surface area contributed by atoms with Crippen molar-refractivity contribution < 1.29 is 23.4 Å². The van der Waals surface area contributed by atoms with Crippen molar-refractivity contribution >= 4 is 18.1 Å². The maximum Gasteiger partial charge on any atom is 0.292 e. The Morgan fingerprint density at radius 3 is 2.62 bits per heavy atom. The third-order valence-electron chi connectivity index (χ3n) is 4.30. The van der Waals surface area contributed by atoms with Gasteiger partial charge in [0, 0.05) is 5.54 Å². The second-order valence-electron chi connectivity index (χ2n) is 7.78. The van der Waals surface area contributed by atoms with Crippen molar-refractivity contribution in [2.75, 3.05) is 32.7 Å². The Morgan fingerprint density at radius 1 is 1.31 bits per heavy atom. The summed E-state index contributed by atoms with van der Waals surface area (Å²) in [5.74, 6) is 1.09. The van der Waals surface area contributed by atoms with Crippen molar-refractivity contribution in [3.63, 3.8) is 0 Å². The van der Waals surface area contributed by atoms with E-state index in [2.05, 4.69) is 10.4 Å². The molecule has 0 aliphatic carbocycles. The van der Waals surface area contributed by atoms with Gasteiger partial charge in [0.15, 0.2) is 19.0 Å². The number of nitrogens with one attached hydrogen (secondary N) is 3. The molecule has 8 nitrogen and oxygen atoms in total. The minimum Gasteiger partial charge on any atom is -0.459 e. The van der Waals surface area contributed by atoms with Gasteiger partial charge in [0.1, 0.15) is 26.2 Å². The van der Waals surface area contributed by atoms with Crippen LogP contribution in [0.5, 0.6) is 0 Å². The van der Waals surface area contributed by atoms with Crippen LogP contribution in [0.4, 0.5) is 0 Å². The molecule has 3 N–H and O–H groups in total. The lowest BCUT2D eigenvalue weighted by Crippen LogP contribution is -3.28. The zero-order valence-corrected chi connectivity index (χ0v) is 16.3. The smallest absolute Gasteiger partial charge is 0.292 e. The standard InChI is InChI=1S/C17H25N5O3S/c1-17(2,3)18-14(23)11-20-6-8-21(9-7-20)12-22-16(26)25-15(19-22)13-5-4-10-24-13/h4-5,10H,6-9,11-12H2,1-3H3,(H,18,23)/p+2. The molecule has 3 heterocycles. The lowest BCUT2D eigenvalue weighted by Gasteiger charge is -2.30. The van der Waals surface area contributed by atoms with E-state index in [4.69, 9.17) is 21.1 Å². The molecule has 2 aromatic rings. The predicted octanol–water partition coefficient (Wildman–Crippen LogP) is -0.879. The fourth-order valence-electron chi connectivity index (χ4n) is 3.10. The van der Waals surface area contributed by atoms with Gasteiger partial charge < -0.3 is 24.0 Å². The Labute approximate surface area is 157 Å². The van der Waals surface area contributed by atoms with Gasteiger partial charge in [-0.1, -0.05) is 0 Å². The molecule has 1 saturated heterocycles. The Balaban J connectivity index is 1.50. The first-order valence-corrected chi connectivity index (χ1v) is 9.31. The van der Waals surface area contributed by atoms with Crippen molar-refractivity contribution in [2.24, 2.45) is 0 Å². The normalized spacial score (nSPS) is 20.9. The third kappa shape index (κ3) is 5.03. The molecule has 0 aromatic carbocycles. The van der Waals surface area contributed by atoms with Crippen molar-refractivity contribution in [1.82, 2.24) is 15.1 Å². The van der Waals surface area contributed by atoms with Gasteiger partial charge in [-0.3, -0.25) is 4.79 Å². The monoisotopic (exact) mass is 381 g/mol. The number of aromatic nitrogens is 2. The molecule has 0 atom stereocenters. The maximum absolute atomic E-state index is 12.1. The van der Waals surface area contributed by atoms with Crippen LogP contribution in [0.25, 0.3) is 11.7 Å². The number of carbonyl (C=O) groups excluding carboxylic acids is 1. The average molecular weight is 382 g/mol. The van der Waals surface area contributed by atoms with E-state index < -0.39 is 0 Å². The molecule has 1 aliphatic rings. The van der Waals surface area contributed by atoms with E-state index in [-0.39, 0.29) is 11.4 Å². The second kappa shape index (κ2) is 7.73. The number of rotatable bonds is 5. The molecule has 26 heavy (non-hydrogen) atoms. The van der Waals surface area contributed by atoms with Crippen LogP contribution < -0.4 is 15.1 Å². The molecule has 0 bridgehead atoms. The van der Waals surface area contributed by atoms with Crippen molar-refractivity contribution in [3.8, 4) is 11.7 Å². The number of nitrogens with zero attached hydrogens (tertiary/aromatic N) is 2. The molecule has 0 radical (unpaired) electrons. The summed E-state index contributed by atoms with van der Waals surface area (Å²) in [7, 11) is 0. The number of carbonyl (C=O) groups is 1. The van der Waals surface area contributed by atoms with E-state index in [1.807, 2.05) is 20.8 Å². The highest BCUT2D eigenvalue weighted by molar-refractivity contribution is 7.71. The SMILES string of the molecule is CC(C)(C)NC(=O)C[NH+]1CC[NH+](Cn2nc(-c3ccco3)oc2=S)CC1. The number of hydrogen-bond donors (Lipinski definition) is 3. The Morgan fingerprint density at radius 2 is 2.00 bits per heavy atom. The minimum atomic E-state index is -0.182. The first kappa shape index (κ1) is 18.8. The highest BCUT2D eigenvalue weighted by Gasteiger charge is 2.27. The van der Waals surface area contributed by atoms with E-state index in [1.54, 1.807) is 23.1 Å². The second-order valence-corrected chi connectivity index (χ2v) is 8.13. The van der Waals surface area contributed by atoms with Gasteiger partial charge >= 0.3 is 0 Å². The summed E-state index contributed by atoms with van der Waals surface area (Å²) in [4.78, 5) is 15.1. The van der Waals surface area contributed by atoms with Gasteiger partial charge in [-0.05, 0) is 45.1 Å². The Hall–Kier alpha value is -1.97. The van der Waals surface area contributed by atoms with Crippen LogP contribution in [0, 0.1) is 4.84 Å². The van der Waals surface area contributed by atoms with Crippen LogP contribution in [0.1, 0.15) is 20.8 Å². The van der Waals surface area contributed by atoms with E-state index in [0.717, 1.165) is 26.2 Å². The van der Waals surface area contributed by atoms with E-state index in [1.165, 1.54) is 9.80 Å². The van der Waals surface area contributed by atoms with Gasteiger partial charge in [0.25, 0.3) is 16.6 Å². The van der Waals surface area contributed by atoms with Crippen LogP contribution in [-0.4, -0.2) is 54.0 Å². The fraction of sp³-hybridized carbons (Fsp3) is 0.588. The van der Waals surface area contributed by atoms with Gasteiger partial charge in [-0.25, -0.2) is 0 Å². The molecule has 2 aromatic heterocycles. The lowest BCUT2D eigenvalue weighted by atomic mass is 10.1. The van der Waals surface area contributed by atoms with E-state index >= 15 is 0 Å². The van der Waals surface area contributed by atoms with Crippen molar-refractivity contribution in [3.05, 3.63) is 23.2 Å². The predicted molar refractivity (Wildman–Crippen MR) is 97.2 cm³/mol. The molecule has 1 amide bonds. The zero-order valence-electron chi connectivity index (χ0n) is 15.5. The highest BCUT2D eigenvalue weighted by atomic mass is 32.1. The third-order valence-corrected chi connectivity index (χ3v) is 4.59. The van der Waals surface area contributed by atoms with E-state index in [0.29, 0.717) is 29.7 Å². The molecule has 3 rings (SSSR count). The molecular weight excluding hydrogens is 354 g/mol. The van der Waals surface area contributed by atoms with Gasteiger partial charge in [0.2, 0.25) is 0 Å². The molecule has 0 spiro atoms. The molecule has 0 saturated carbocycles. The minimum absolute atomic E-state index is 0.109. The summed E-state index contributed by atoms with van der Waals surface area (Å²) in [6.07, 6.45) is 1.58. The quantitative estimate of drug-likeness (QED) is 0.586. The van der Waals surface area contributed by atoms with Crippen molar-refractivity contribution in [2.45, 2.75) is 33.0 Å². The van der Waals surface area contributed by atoms with Crippen LogP contribution >= 0.6 is 12.2 Å². The van der Waals surface area contributed by atoms with Crippen molar-refractivity contribution in [1.29, 1.82) is 0 Å². The number of quaternary nitrogens is 2. The first-order chi connectivity index (χ1) is 12.3. The number of furan rings is 1. The number of hydrogen-bond acceptors (Lipinski definition) is 5. The summed E-state index contributed by atoms with van der Waals surface area (Å²) in [5.41, 5.74) is -0.182. The summed E-state index contributed by atoms with van der Waals surface area (Å²) in [6, 6.07) is 3.58. The van der Waals surface area contributed by atoms with Gasteiger partial charge in [-0.15, -0.1) is 5.10 Å². The molecule has 0 unspecified atom stereocenters. The number of amides is 1. The fourth-order valence-corrected chi connectivity index (χ4v) is 3.28. The molecule has 1 aliphatic heterocycles. The van der Waals surface area contributed by atoms with E-state index in [9.17, 15) is 4.79 Å². The average Bonchev–Trinajstić information content (AvgIpc) is 3.18. The van der Waals surface area contributed by atoms with Gasteiger partial charge in [-0.2, -0.15) is 4.68 Å². The lowest BCUT2D eigenvalue weighted by molar-refractivity contribution is -1.02. The Bertz CT molecular complexity index is 782. The number of piperazine rings is 1. The molecule has 9 heteroatoms. The van der Waals surface area contributed by atoms with Crippen LogP contribution in [-0.2, 0) is 11.5 Å². The zero-order chi connectivity index (χ0) is 18.7. The molecule has 1 fully saturated rings. The molecule has 142 valence electrons. The Kier molecular flexibility index (Phi) is 5.59. The summed E-state index contributed by atoms with van der Waals surface area (Å²) in [6.45, 7) is 11.0. The summed E-state index contributed by atoms with van der Waals surface area (Å²) in [5, 5.41) is 7.44.